The van der Waals surface area contributed by atoms with Gasteiger partial charge < -0.3 is 14.5 Å². The van der Waals surface area contributed by atoms with Crippen LogP contribution in [0, 0.1) is 0 Å². The lowest BCUT2D eigenvalue weighted by Crippen LogP contribution is -2.49. The van der Waals surface area contributed by atoms with E-state index in [-0.39, 0.29) is 11.9 Å². The molecule has 1 aromatic carbocycles. The summed E-state index contributed by atoms with van der Waals surface area (Å²) in [5.74, 6) is 0.983. The number of ether oxygens (including phenoxy) is 1. The van der Waals surface area contributed by atoms with Gasteiger partial charge in [-0.25, -0.2) is 4.98 Å². The summed E-state index contributed by atoms with van der Waals surface area (Å²) in [7, 11) is 0. The molecule has 8 heteroatoms. The van der Waals surface area contributed by atoms with Gasteiger partial charge in [0.1, 0.15) is 11.9 Å². The van der Waals surface area contributed by atoms with Crippen LogP contribution >= 0.6 is 23.1 Å². The predicted octanol–water partition coefficient (Wildman–Crippen LogP) is 2.61. The maximum atomic E-state index is 12.9. The van der Waals surface area contributed by atoms with Crippen molar-refractivity contribution in [3.8, 4) is 0 Å². The molecule has 26 heavy (non-hydrogen) atoms. The van der Waals surface area contributed by atoms with E-state index in [1.807, 2.05) is 29.2 Å². The van der Waals surface area contributed by atoms with E-state index in [0.717, 1.165) is 40.9 Å². The highest BCUT2D eigenvalue weighted by Crippen LogP contribution is 2.29. The van der Waals surface area contributed by atoms with Crippen molar-refractivity contribution >= 4 is 34.2 Å². The zero-order chi connectivity index (χ0) is 17.9. The molecule has 1 atom stereocenters. The number of benzene rings is 1. The number of anilines is 1. The molecule has 0 bridgehead atoms. The number of hydrogen-bond acceptors (Lipinski definition) is 6. The Balaban J connectivity index is 1.45. The second-order valence-corrected chi connectivity index (χ2v) is 7.75. The number of hydrogen-bond donors (Lipinski definition) is 0. The lowest BCUT2D eigenvalue weighted by atomic mass is 10.1. The summed E-state index contributed by atoms with van der Waals surface area (Å²) in [5.41, 5.74) is 1.13. The molecule has 2 fully saturated rings. The van der Waals surface area contributed by atoms with Crippen LogP contribution in [0.15, 0.2) is 24.3 Å². The van der Waals surface area contributed by atoms with E-state index in [2.05, 4.69) is 9.27 Å². The van der Waals surface area contributed by atoms with Crippen molar-refractivity contribution in [1.29, 1.82) is 0 Å². The molecule has 1 amide bonds. The van der Waals surface area contributed by atoms with E-state index in [0.29, 0.717) is 32.7 Å². The molecule has 2 aliphatic rings. The van der Waals surface area contributed by atoms with E-state index in [1.54, 1.807) is 0 Å². The first kappa shape index (κ1) is 17.7. The molecule has 0 spiro atoms. The molecule has 4 rings (SSSR count). The van der Waals surface area contributed by atoms with Crippen LogP contribution in [-0.4, -0.2) is 59.1 Å². The van der Waals surface area contributed by atoms with Crippen LogP contribution in [0.1, 0.15) is 24.2 Å². The fraction of sp³-hybridized carbons (Fsp3) is 0.500. The van der Waals surface area contributed by atoms with Crippen LogP contribution in [0.3, 0.4) is 0 Å². The Bertz CT molecular complexity index is 761. The number of rotatable bonds is 4. The summed E-state index contributed by atoms with van der Waals surface area (Å²) in [6, 6.07) is 7.61. The fourth-order valence-corrected chi connectivity index (χ4v) is 4.35. The number of nitrogens with zero attached hydrogens (tertiary/aromatic N) is 4. The predicted molar refractivity (Wildman–Crippen MR) is 102 cm³/mol. The zero-order valence-electron chi connectivity index (χ0n) is 14.4. The van der Waals surface area contributed by atoms with E-state index in [1.165, 1.54) is 11.5 Å². The molecule has 2 aliphatic heterocycles. The Morgan fingerprint density at radius 2 is 2.00 bits per heavy atom. The molecule has 0 saturated carbocycles. The molecule has 1 unspecified atom stereocenters. The molecule has 6 nitrogen and oxygen atoms in total. The lowest BCUT2D eigenvalue weighted by molar-refractivity contribution is -0.136. The normalized spacial score (nSPS) is 20.6. The fourth-order valence-electron chi connectivity index (χ4n) is 3.46. The Morgan fingerprint density at radius 3 is 2.77 bits per heavy atom. The van der Waals surface area contributed by atoms with E-state index in [4.69, 9.17) is 21.3 Å². The van der Waals surface area contributed by atoms with Crippen molar-refractivity contribution in [3.05, 3.63) is 40.7 Å². The minimum absolute atomic E-state index is 0.121. The average molecular weight is 393 g/mol. The standard InChI is InChI=1S/C18H21ClN4O2S/c19-14-5-3-13(4-6-14)12-16-20-18(26-21-16)23-7-1-2-15(23)17(24)22-8-10-25-11-9-22/h3-6,15H,1-2,7-12H2. The Labute approximate surface area is 161 Å². The largest absolute Gasteiger partial charge is 0.378 e. The van der Waals surface area contributed by atoms with Crippen molar-refractivity contribution in [1.82, 2.24) is 14.3 Å². The third-order valence-corrected chi connectivity index (χ3v) is 5.88. The molecular weight excluding hydrogens is 372 g/mol. The topological polar surface area (TPSA) is 58.6 Å². The summed E-state index contributed by atoms with van der Waals surface area (Å²) in [5, 5.41) is 1.57. The van der Waals surface area contributed by atoms with Gasteiger partial charge in [-0.15, -0.1) is 0 Å². The summed E-state index contributed by atoms with van der Waals surface area (Å²) < 4.78 is 9.85. The van der Waals surface area contributed by atoms with Crippen LogP contribution in [0.4, 0.5) is 5.13 Å². The molecule has 0 aliphatic carbocycles. The van der Waals surface area contributed by atoms with Gasteiger partial charge in [-0.2, -0.15) is 4.37 Å². The van der Waals surface area contributed by atoms with Gasteiger partial charge >= 0.3 is 0 Å². The third-order valence-electron chi connectivity index (χ3n) is 4.84. The SMILES string of the molecule is O=C(C1CCCN1c1nc(Cc2ccc(Cl)cc2)ns1)N1CCOCC1. The van der Waals surface area contributed by atoms with E-state index < -0.39 is 0 Å². The van der Waals surface area contributed by atoms with Crippen LogP contribution in [-0.2, 0) is 16.0 Å². The first-order valence-corrected chi connectivity index (χ1v) is 10.1. The Morgan fingerprint density at radius 1 is 1.23 bits per heavy atom. The van der Waals surface area contributed by atoms with Crippen molar-refractivity contribution in [3.63, 3.8) is 0 Å². The second-order valence-electron chi connectivity index (χ2n) is 6.59. The number of amides is 1. The number of halogens is 1. The van der Waals surface area contributed by atoms with Crippen LogP contribution in [0.2, 0.25) is 5.02 Å². The van der Waals surface area contributed by atoms with Gasteiger partial charge in [0.2, 0.25) is 11.0 Å². The van der Waals surface area contributed by atoms with Gasteiger partial charge in [-0.1, -0.05) is 23.7 Å². The van der Waals surface area contributed by atoms with Crippen LogP contribution in [0.25, 0.3) is 0 Å². The Hall–Kier alpha value is -1.70. The second kappa shape index (κ2) is 7.90. The highest BCUT2D eigenvalue weighted by atomic mass is 35.5. The van der Waals surface area contributed by atoms with Gasteiger partial charge in [0, 0.05) is 42.6 Å². The van der Waals surface area contributed by atoms with Gasteiger partial charge in [-0.05, 0) is 30.5 Å². The molecule has 2 aromatic rings. The molecule has 3 heterocycles. The number of aromatic nitrogens is 2. The van der Waals surface area contributed by atoms with Crippen molar-refractivity contribution in [2.24, 2.45) is 0 Å². The smallest absolute Gasteiger partial charge is 0.245 e. The van der Waals surface area contributed by atoms with Crippen molar-refractivity contribution in [2.75, 3.05) is 37.7 Å². The molecule has 0 radical (unpaired) electrons. The maximum Gasteiger partial charge on any atom is 0.245 e. The maximum absolute atomic E-state index is 12.9. The lowest BCUT2D eigenvalue weighted by Gasteiger charge is -2.32. The quantitative estimate of drug-likeness (QED) is 0.800. The summed E-state index contributed by atoms with van der Waals surface area (Å²) in [6.07, 6.45) is 2.55. The van der Waals surface area contributed by atoms with Crippen LogP contribution in [0.5, 0.6) is 0 Å². The van der Waals surface area contributed by atoms with Gasteiger partial charge in [0.05, 0.1) is 13.2 Å². The third kappa shape index (κ3) is 3.84. The summed E-state index contributed by atoms with van der Waals surface area (Å²) >= 11 is 7.32. The first-order valence-electron chi connectivity index (χ1n) is 8.91. The summed E-state index contributed by atoms with van der Waals surface area (Å²) in [6.45, 7) is 3.48. The molecule has 138 valence electrons. The first-order chi connectivity index (χ1) is 12.7. The minimum Gasteiger partial charge on any atom is -0.378 e. The zero-order valence-corrected chi connectivity index (χ0v) is 16.0. The van der Waals surface area contributed by atoms with Gasteiger partial charge in [-0.3, -0.25) is 4.79 Å². The highest BCUT2D eigenvalue weighted by Gasteiger charge is 2.36. The number of carbonyl (C=O) groups excluding carboxylic acids is 1. The number of carbonyl (C=O) groups is 1. The number of morpholine rings is 1. The van der Waals surface area contributed by atoms with Gasteiger partial charge in [0.25, 0.3) is 0 Å². The monoisotopic (exact) mass is 392 g/mol. The van der Waals surface area contributed by atoms with Crippen LogP contribution < -0.4 is 4.90 Å². The van der Waals surface area contributed by atoms with Gasteiger partial charge in [0.15, 0.2) is 0 Å². The molecule has 0 N–H and O–H groups in total. The van der Waals surface area contributed by atoms with Crippen molar-refractivity contribution < 1.29 is 9.53 Å². The highest BCUT2D eigenvalue weighted by molar-refractivity contribution is 7.09. The van der Waals surface area contributed by atoms with E-state index >= 15 is 0 Å². The van der Waals surface area contributed by atoms with E-state index in [9.17, 15) is 4.79 Å². The molecule has 2 saturated heterocycles. The Kier molecular flexibility index (Phi) is 5.38. The average Bonchev–Trinajstić information content (AvgIpc) is 3.33. The summed E-state index contributed by atoms with van der Waals surface area (Å²) in [4.78, 5) is 21.6. The minimum atomic E-state index is -0.121. The molecule has 1 aromatic heterocycles. The molecular formula is C18H21ClN4O2S. The van der Waals surface area contributed by atoms with Crippen molar-refractivity contribution in [2.45, 2.75) is 25.3 Å².